The molecule has 2 atom stereocenters. The lowest BCUT2D eigenvalue weighted by atomic mass is 10.0. The largest absolute Gasteiger partial charge is 0.507 e. The quantitative estimate of drug-likeness (QED) is 0.0176. The number of phenols is 1. The number of fused-ring (bicyclic) bond motifs is 2. The molecule has 0 radical (unpaired) electrons. The Bertz CT molecular complexity index is 4180. The number of amides is 5. The zero-order chi connectivity index (χ0) is 64.6. The predicted molar refractivity (Wildman–Crippen MR) is 361 cm³/mol. The zero-order valence-corrected chi connectivity index (χ0v) is 53.9. The number of nitrogens with one attached hydrogen (secondary N) is 3. The fraction of sp³-hybridized carbons (Fsp3) is 0.250. The van der Waals surface area contributed by atoms with Crippen LogP contribution in [0.5, 0.6) is 11.5 Å². The van der Waals surface area contributed by atoms with Gasteiger partial charge < -0.3 is 34.6 Å². The number of rotatable bonds is 9. The Labute approximate surface area is 555 Å². The number of carboxylic acid groups (broad SMARTS) is 2. The maximum absolute atomic E-state index is 13.2. The van der Waals surface area contributed by atoms with Gasteiger partial charge in [0.1, 0.15) is 29.2 Å². The number of hydrogen-bond acceptors (Lipinski definition) is 15. The van der Waals surface area contributed by atoms with E-state index in [0.29, 0.717) is 115 Å². The Hall–Kier alpha value is -10.0. The Balaban J connectivity index is 0.000000283. The average Bonchev–Trinajstić information content (AvgIpc) is 0.922. The Morgan fingerprint density at radius 1 is 0.609 bits per heavy atom. The Morgan fingerprint density at radius 3 is 1.51 bits per heavy atom. The predicted octanol–water partition coefficient (Wildman–Crippen LogP) is 10.3. The van der Waals surface area contributed by atoms with E-state index in [1.807, 2.05) is 11.0 Å². The number of nitrogens with two attached hydrogens (primary N) is 1. The first kappa shape index (κ1) is 71.1. The number of aromatic nitrogens is 4. The number of carboxylic acids is 2. The molecule has 92 heavy (non-hydrogen) atoms. The van der Waals surface area contributed by atoms with Crippen molar-refractivity contribution in [1.82, 2.24) is 46.0 Å². The van der Waals surface area contributed by atoms with E-state index >= 15 is 0 Å². The van der Waals surface area contributed by atoms with Gasteiger partial charge >= 0.3 is 18.0 Å². The van der Waals surface area contributed by atoms with Gasteiger partial charge in [-0.05, 0) is 161 Å². The second-order valence-corrected chi connectivity index (χ2v) is 21.4. The van der Waals surface area contributed by atoms with Crippen LogP contribution in [0, 0.1) is 23.7 Å². The summed E-state index contributed by atoms with van der Waals surface area (Å²) >= 11 is 2.15. The minimum Gasteiger partial charge on any atom is -0.507 e. The van der Waals surface area contributed by atoms with Crippen molar-refractivity contribution in [3.8, 4) is 57.7 Å². The maximum atomic E-state index is 13.2. The van der Waals surface area contributed by atoms with Crippen LogP contribution in [0.3, 0.4) is 0 Å². The van der Waals surface area contributed by atoms with Gasteiger partial charge in [-0.1, -0.05) is 65.8 Å². The lowest BCUT2D eigenvalue weighted by Gasteiger charge is -2.33. The molecule has 0 saturated carbocycles. The number of methoxy groups -OCH3 is 1. The zero-order valence-electron chi connectivity index (χ0n) is 50.1. The molecule has 8 aromatic rings. The van der Waals surface area contributed by atoms with Crippen LogP contribution >= 0.6 is 39.6 Å². The molecule has 2 aliphatic rings. The summed E-state index contributed by atoms with van der Waals surface area (Å²) in [5.74, 6) is 14.2. The normalized spacial score (nSPS) is 13.9. The number of aliphatic carboxylic acids is 2. The molecule has 5 amide bonds. The highest BCUT2D eigenvalue weighted by atomic mass is 127. The van der Waals surface area contributed by atoms with Crippen molar-refractivity contribution < 1.29 is 58.4 Å². The van der Waals surface area contributed by atoms with Crippen LogP contribution < -0.4 is 26.9 Å². The third-order valence-electron chi connectivity index (χ3n) is 14.4. The molecule has 24 heteroatoms. The Morgan fingerprint density at radius 2 is 1.07 bits per heavy atom. The fourth-order valence-electron chi connectivity index (χ4n) is 9.98. The van der Waals surface area contributed by atoms with Crippen molar-refractivity contribution >= 4 is 103 Å². The summed E-state index contributed by atoms with van der Waals surface area (Å²) in [6.45, 7) is 5.97. The molecule has 6 heterocycles. The number of pyridine rings is 4. The minimum absolute atomic E-state index is 0. The summed E-state index contributed by atoms with van der Waals surface area (Å²) < 4.78 is 10.8. The number of carbonyl (C=O) groups is 7. The minimum atomic E-state index is -0.989. The van der Waals surface area contributed by atoms with E-state index < -0.39 is 47.5 Å². The molecule has 0 bridgehead atoms. The molecule has 2 unspecified atom stereocenters. The molecule has 476 valence electrons. The van der Waals surface area contributed by atoms with Crippen LogP contribution in [-0.4, -0.2) is 130 Å². The van der Waals surface area contributed by atoms with Crippen molar-refractivity contribution in [3.63, 3.8) is 0 Å². The van der Waals surface area contributed by atoms with E-state index in [0.717, 1.165) is 25.7 Å². The summed E-state index contributed by atoms with van der Waals surface area (Å²) in [5, 5.41) is 30.7. The molecule has 2 aliphatic heterocycles. The van der Waals surface area contributed by atoms with Crippen LogP contribution in [0.4, 0.5) is 4.79 Å². The molecule has 2 saturated heterocycles. The summed E-state index contributed by atoms with van der Waals surface area (Å²) in [5.41, 5.74) is 12.9. The molecule has 4 aromatic carbocycles. The maximum Gasteiger partial charge on any atom is 0.426 e. The first-order valence-electron chi connectivity index (χ1n) is 28.3. The van der Waals surface area contributed by atoms with Gasteiger partial charge in [0.15, 0.2) is 0 Å². The highest BCUT2D eigenvalue weighted by Crippen LogP contribution is 2.32. The van der Waals surface area contributed by atoms with Crippen molar-refractivity contribution in [2.75, 3.05) is 25.1 Å². The van der Waals surface area contributed by atoms with E-state index in [1.165, 1.54) is 35.4 Å². The number of hydrazine groups is 2. The second-order valence-electron chi connectivity index (χ2n) is 21.4. The molecule has 10 rings (SSSR count). The van der Waals surface area contributed by atoms with Crippen molar-refractivity contribution in [2.45, 2.75) is 84.4 Å². The van der Waals surface area contributed by atoms with Gasteiger partial charge in [0.2, 0.25) is 0 Å². The van der Waals surface area contributed by atoms with Crippen LogP contribution in [0.1, 0.15) is 130 Å². The van der Waals surface area contributed by atoms with Gasteiger partial charge in [0.25, 0.3) is 23.6 Å². The summed E-state index contributed by atoms with van der Waals surface area (Å²) in [7, 11) is 1.52. The SMILES string of the molecule is Br.C.CI.COc1cc(-c2cc(C(=O)NNC(=O)OC(C)(C)C)c3cnccc3n2)ccc1C#Cc1ccc(C(=O)N2CCCCC2C(=O)O)cc1.NNC(=O)c1cc(-c2ccc(C#Cc3ccc(C(=O)N4CCCCC4C(=O)O)cc3)c(O)c2)nc2ccncc12. The van der Waals surface area contributed by atoms with Gasteiger partial charge in [-0.15, -0.1) is 17.0 Å². The van der Waals surface area contributed by atoms with Gasteiger partial charge in [0, 0.05) is 82.0 Å². The number of hydrogen-bond donors (Lipinski definition) is 7. The highest BCUT2D eigenvalue weighted by molar-refractivity contribution is 14.1. The number of aromatic hydroxyl groups is 1. The number of piperidine rings is 2. The van der Waals surface area contributed by atoms with Gasteiger partial charge in [-0.2, -0.15) is 0 Å². The highest BCUT2D eigenvalue weighted by Gasteiger charge is 2.34. The van der Waals surface area contributed by atoms with E-state index in [1.54, 1.807) is 130 Å². The van der Waals surface area contributed by atoms with Gasteiger partial charge in [-0.3, -0.25) is 40.0 Å². The van der Waals surface area contributed by atoms with E-state index in [9.17, 15) is 48.9 Å². The third-order valence-corrected chi connectivity index (χ3v) is 14.4. The lowest BCUT2D eigenvalue weighted by molar-refractivity contribution is -0.144. The summed E-state index contributed by atoms with van der Waals surface area (Å²) in [6.07, 6.45) is 9.42. The number of phenolic OH excluding ortho intramolecular Hbond substituents is 1. The smallest absolute Gasteiger partial charge is 0.426 e. The molecule has 4 aromatic heterocycles. The monoisotopic (exact) mass is 1420 g/mol. The van der Waals surface area contributed by atoms with Crippen LogP contribution in [0.15, 0.2) is 134 Å². The number of likely N-dealkylation sites (tertiary alicyclic amines) is 2. The number of nitrogens with zero attached hydrogens (tertiary/aromatic N) is 6. The van der Waals surface area contributed by atoms with Crippen molar-refractivity contribution in [2.24, 2.45) is 5.84 Å². The third kappa shape index (κ3) is 17.7. The van der Waals surface area contributed by atoms with Crippen LogP contribution in [0.25, 0.3) is 44.3 Å². The molecule has 0 spiro atoms. The first-order chi connectivity index (χ1) is 43.3. The molecule has 0 aliphatic carbocycles. The number of nitrogen functional groups attached to an aromatic ring is 1. The number of halogens is 2. The van der Waals surface area contributed by atoms with Gasteiger partial charge in [0.05, 0.1) is 51.8 Å². The second kappa shape index (κ2) is 32.6. The number of ether oxygens (including phenoxy) is 2. The molecule has 8 N–H and O–H groups in total. The molecular formula is C68H68BrIN10O12. The standard InChI is InChI=1S/C36H35N5O7.C30H25N5O5.CH3I.CH4.BrH/c1-36(2,3)48-35(46)40-39-32(42)26-20-29(38-28-16-17-37-21-27(26)28)25-15-14-23(31(19-25)47-4)11-8-22-9-12-24(13-10-22)33(43)41-18-6-5-7-30(41)34(44)45;31-34-28(37)22-16-25(33-24-12-13-32-17-23(22)24)21-11-10-19(27(36)15-21)7-4-18-5-8-20(9-6-18)29(38)35-14-2-1-3-26(35)30(39)40;1-2;;/h9-10,12-17,19-21,30H,5-7,18H2,1-4H3,(H,39,42)(H,40,46)(H,44,45);5-6,8-13,15-17,26,36H,1-3,14,31H2,(H,34,37)(H,39,40);1H3;1H4;1H. The van der Waals surface area contributed by atoms with Crippen molar-refractivity contribution in [1.29, 1.82) is 0 Å². The number of benzene rings is 4. The van der Waals surface area contributed by atoms with E-state index in [2.05, 4.69) is 77.5 Å². The molecule has 2 fully saturated rings. The van der Waals surface area contributed by atoms with Crippen molar-refractivity contribution in [3.05, 3.63) is 178 Å². The van der Waals surface area contributed by atoms with Crippen LogP contribution in [-0.2, 0) is 14.3 Å². The number of carbonyl (C=O) groups excluding carboxylic acids is 5. The number of alkyl halides is 1. The summed E-state index contributed by atoms with van der Waals surface area (Å²) in [4.78, 5) is 109. The van der Waals surface area contributed by atoms with Gasteiger partial charge in [-0.25, -0.2) is 35.6 Å². The van der Waals surface area contributed by atoms with E-state index in [4.69, 9.17) is 20.3 Å². The van der Waals surface area contributed by atoms with E-state index in [-0.39, 0.29) is 47.5 Å². The lowest BCUT2D eigenvalue weighted by Crippen LogP contribution is -2.47. The molecule has 22 nitrogen and oxygen atoms in total. The molecular weight excluding hydrogens is 1360 g/mol. The topological polar surface area (TPSA) is 319 Å². The van der Waals surface area contributed by atoms with Crippen LogP contribution in [0.2, 0.25) is 0 Å². The average molecular weight is 1420 g/mol. The summed E-state index contributed by atoms with van der Waals surface area (Å²) in [6, 6.07) is 28.5. The fourth-order valence-corrected chi connectivity index (χ4v) is 9.98. The Kier molecular flexibility index (Phi) is 25.2. The first-order valence-corrected chi connectivity index (χ1v) is 30.5.